The minimum absolute atomic E-state index is 0.117. The van der Waals surface area contributed by atoms with Gasteiger partial charge in [-0.2, -0.15) is 0 Å². The zero-order valence-electron chi connectivity index (χ0n) is 12.7. The zero-order valence-corrected chi connectivity index (χ0v) is 12.7. The molecule has 4 nitrogen and oxygen atoms in total. The maximum atomic E-state index is 14.1. The van der Waals surface area contributed by atoms with Crippen LogP contribution in [-0.4, -0.2) is 15.5 Å². The van der Waals surface area contributed by atoms with Crippen LogP contribution in [0, 0.1) is 11.6 Å². The first-order valence-corrected chi connectivity index (χ1v) is 7.44. The second-order valence-electron chi connectivity index (χ2n) is 5.28. The molecular weight excluding hydrogens is 312 g/mol. The summed E-state index contributed by atoms with van der Waals surface area (Å²) in [6.07, 6.45) is 5.08. The maximum absolute atomic E-state index is 14.1. The monoisotopic (exact) mass is 327 g/mol. The minimum atomic E-state index is -0.472. The van der Waals surface area contributed by atoms with Crippen molar-refractivity contribution in [3.05, 3.63) is 78.4 Å². The Balaban J connectivity index is 1.62. The molecule has 0 atom stereocenters. The van der Waals surface area contributed by atoms with Crippen molar-refractivity contribution in [2.45, 2.75) is 12.8 Å². The number of hydrogen-bond acceptors (Lipinski definition) is 2. The van der Waals surface area contributed by atoms with Crippen molar-refractivity contribution in [1.29, 1.82) is 0 Å². The summed E-state index contributed by atoms with van der Waals surface area (Å²) in [4.78, 5) is 15.8. The summed E-state index contributed by atoms with van der Waals surface area (Å²) >= 11 is 0. The number of imidazole rings is 1. The molecule has 3 aromatic rings. The fourth-order valence-electron chi connectivity index (χ4n) is 2.37. The molecule has 1 heterocycles. The third-order valence-corrected chi connectivity index (χ3v) is 3.59. The molecule has 6 heteroatoms. The number of benzene rings is 2. The smallest absolute Gasteiger partial charge is 0.224 e. The third kappa shape index (κ3) is 3.65. The van der Waals surface area contributed by atoms with Crippen molar-refractivity contribution < 1.29 is 13.6 Å². The lowest BCUT2D eigenvalue weighted by Crippen LogP contribution is -2.13. The number of rotatable bonds is 5. The van der Waals surface area contributed by atoms with Crippen molar-refractivity contribution in [2.75, 3.05) is 5.32 Å². The molecule has 0 aliphatic rings. The molecule has 0 aliphatic carbocycles. The van der Waals surface area contributed by atoms with Crippen molar-refractivity contribution >= 4 is 11.6 Å². The van der Waals surface area contributed by atoms with E-state index in [1.807, 2.05) is 0 Å². The molecule has 3 rings (SSSR count). The second kappa shape index (κ2) is 7.04. The van der Waals surface area contributed by atoms with Crippen LogP contribution < -0.4 is 5.32 Å². The highest BCUT2D eigenvalue weighted by Gasteiger charge is 2.09. The number of carbonyl (C=O) groups excluding carboxylic acids is 1. The molecule has 1 N–H and O–H groups in total. The molecule has 122 valence electrons. The van der Waals surface area contributed by atoms with Crippen LogP contribution in [0.25, 0.3) is 5.69 Å². The molecule has 1 amide bonds. The van der Waals surface area contributed by atoms with Crippen molar-refractivity contribution in [1.82, 2.24) is 9.55 Å². The topological polar surface area (TPSA) is 46.9 Å². The van der Waals surface area contributed by atoms with Crippen molar-refractivity contribution in [3.63, 3.8) is 0 Å². The van der Waals surface area contributed by atoms with Crippen LogP contribution in [0.15, 0.2) is 61.2 Å². The van der Waals surface area contributed by atoms with Crippen LogP contribution in [0.5, 0.6) is 0 Å². The van der Waals surface area contributed by atoms with Gasteiger partial charge in [-0.1, -0.05) is 18.2 Å². The van der Waals surface area contributed by atoms with Crippen LogP contribution in [0.2, 0.25) is 0 Å². The van der Waals surface area contributed by atoms with E-state index in [9.17, 15) is 13.6 Å². The molecule has 24 heavy (non-hydrogen) atoms. The Hall–Kier alpha value is -3.02. The summed E-state index contributed by atoms with van der Waals surface area (Å²) in [5, 5.41) is 2.62. The number of carbonyl (C=O) groups is 1. The summed E-state index contributed by atoms with van der Waals surface area (Å²) in [5.41, 5.74) is 1.18. The molecule has 0 fully saturated rings. The second-order valence-corrected chi connectivity index (χ2v) is 5.28. The van der Waals surface area contributed by atoms with Crippen LogP contribution >= 0.6 is 0 Å². The predicted molar refractivity (Wildman–Crippen MR) is 86.9 cm³/mol. The van der Waals surface area contributed by atoms with E-state index < -0.39 is 5.82 Å². The fourth-order valence-corrected chi connectivity index (χ4v) is 2.37. The van der Waals surface area contributed by atoms with E-state index in [1.54, 1.807) is 47.3 Å². The van der Waals surface area contributed by atoms with Gasteiger partial charge in [-0.15, -0.1) is 0 Å². The van der Waals surface area contributed by atoms with E-state index in [0.29, 0.717) is 16.9 Å². The van der Waals surface area contributed by atoms with Crippen molar-refractivity contribution in [3.8, 4) is 5.69 Å². The van der Waals surface area contributed by atoms with Gasteiger partial charge in [0.2, 0.25) is 5.91 Å². The number of nitrogens with one attached hydrogen (secondary N) is 1. The first kappa shape index (κ1) is 15.9. The highest BCUT2D eigenvalue weighted by molar-refractivity contribution is 5.90. The summed E-state index contributed by atoms with van der Waals surface area (Å²) in [5.74, 6) is -1.10. The Morgan fingerprint density at radius 1 is 1.12 bits per heavy atom. The van der Waals surface area contributed by atoms with E-state index >= 15 is 0 Å². The Morgan fingerprint density at radius 3 is 2.67 bits per heavy atom. The van der Waals surface area contributed by atoms with E-state index in [4.69, 9.17) is 0 Å². The highest BCUT2D eigenvalue weighted by atomic mass is 19.1. The molecule has 0 saturated carbocycles. The number of aromatic nitrogens is 2. The lowest BCUT2D eigenvalue weighted by molar-refractivity contribution is -0.116. The minimum Gasteiger partial charge on any atom is -0.326 e. The van der Waals surface area contributed by atoms with Crippen LogP contribution in [-0.2, 0) is 11.2 Å². The Morgan fingerprint density at radius 2 is 1.96 bits per heavy atom. The predicted octanol–water partition coefficient (Wildman–Crippen LogP) is 3.72. The maximum Gasteiger partial charge on any atom is 0.224 e. The van der Waals surface area contributed by atoms with Gasteiger partial charge in [-0.3, -0.25) is 4.79 Å². The number of aryl methyl sites for hydroxylation is 1. The normalized spacial score (nSPS) is 10.6. The molecule has 0 radical (unpaired) electrons. The van der Waals surface area contributed by atoms with Gasteiger partial charge in [0, 0.05) is 24.5 Å². The zero-order chi connectivity index (χ0) is 16.9. The van der Waals surface area contributed by atoms with Gasteiger partial charge >= 0.3 is 0 Å². The lowest BCUT2D eigenvalue weighted by Gasteiger charge is -2.09. The Kier molecular flexibility index (Phi) is 4.65. The lowest BCUT2D eigenvalue weighted by atomic mass is 10.1. The molecule has 2 aromatic carbocycles. The van der Waals surface area contributed by atoms with E-state index in [-0.39, 0.29) is 24.6 Å². The third-order valence-electron chi connectivity index (χ3n) is 3.59. The molecule has 1 aromatic heterocycles. The molecule has 0 aliphatic heterocycles. The molecule has 0 bridgehead atoms. The first-order chi connectivity index (χ1) is 11.6. The van der Waals surface area contributed by atoms with Gasteiger partial charge in [-0.25, -0.2) is 13.8 Å². The van der Waals surface area contributed by atoms with Gasteiger partial charge < -0.3 is 9.88 Å². The SMILES string of the molecule is O=C(CCc1ccccc1F)Nc1ccc(-n2ccnc2)c(F)c1. The number of amides is 1. The summed E-state index contributed by atoms with van der Waals surface area (Å²) < 4.78 is 29.2. The number of anilines is 1. The van der Waals surface area contributed by atoms with Gasteiger partial charge in [0.1, 0.15) is 11.6 Å². The summed E-state index contributed by atoms with van der Waals surface area (Å²) in [6.45, 7) is 0. The van der Waals surface area contributed by atoms with Gasteiger partial charge in [0.15, 0.2) is 0 Å². The van der Waals surface area contributed by atoms with Gasteiger partial charge in [0.25, 0.3) is 0 Å². The van der Waals surface area contributed by atoms with E-state index in [1.165, 1.54) is 18.5 Å². The number of hydrogen-bond donors (Lipinski definition) is 1. The van der Waals surface area contributed by atoms with Crippen LogP contribution in [0.3, 0.4) is 0 Å². The standard InChI is InChI=1S/C18H15F2N3O/c19-15-4-2-1-3-13(15)5-8-18(24)22-14-6-7-17(16(20)11-14)23-10-9-21-12-23/h1-4,6-7,9-12H,5,8H2,(H,22,24). The van der Waals surface area contributed by atoms with Crippen LogP contribution in [0.1, 0.15) is 12.0 Å². The summed E-state index contributed by atoms with van der Waals surface area (Å²) in [7, 11) is 0. The highest BCUT2D eigenvalue weighted by Crippen LogP contribution is 2.18. The van der Waals surface area contributed by atoms with Gasteiger partial charge in [-0.05, 0) is 36.2 Å². The first-order valence-electron chi connectivity index (χ1n) is 7.44. The van der Waals surface area contributed by atoms with E-state index in [0.717, 1.165) is 0 Å². The van der Waals surface area contributed by atoms with Gasteiger partial charge in [0.05, 0.1) is 12.0 Å². The van der Waals surface area contributed by atoms with Crippen LogP contribution in [0.4, 0.5) is 14.5 Å². The quantitative estimate of drug-likeness (QED) is 0.776. The molecule has 0 spiro atoms. The van der Waals surface area contributed by atoms with Crippen molar-refractivity contribution in [2.24, 2.45) is 0 Å². The molecule has 0 saturated heterocycles. The average molecular weight is 327 g/mol. The average Bonchev–Trinajstić information content (AvgIpc) is 3.08. The Bertz CT molecular complexity index is 847. The number of halogens is 2. The molecule has 0 unspecified atom stereocenters. The molecular formula is C18H15F2N3O. The Labute approximate surface area is 137 Å². The van der Waals surface area contributed by atoms with E-state index in [2.05, 4.69) is 10.3 Å². The fraction of sp³-hybridized carbons (Fsp3) is 0.111. The largest absolute Gasteiger partial charge is 0.326 e. The summed E-state index contributed by atoms with van der Waals surface area (Å²) in [6, 6.07) is 10.7. The number of nitrogens with zero attached hydrogens (tertiary/aromatic N) is 2.